The van der Waals surface area contributed by atoms with E-state index in [1.807, 2.05) is 20.8 Å². The molecule has 4 nitrogen and oxygen atoms in total. The van der Waals surface area contributed by atoms with E-state index in [9.17, 15) is 5.11 Å². The minimum absolute atomic E-state index is 0.0861. The molecule has 3 N–H and O–H groups in total. The lowest BCUT2D eigenvalue weighted by atomic mass is 10.1. The Morgan fingerprint density at radius 2 is 2.12 bits per heavy atom. The van der Waals surface area contributed by atoms with Crippen molar-refractivity contribution < 1.29 is 10.2 Å². The third-order valence-electron chi connectivity index (χ3n) is 2.48. The van der Waals surface area contributed by atoms with Crippen molar-refractivity contribution in [2.75, 3.05) is 13.2 Å². The predicted octanol–water partition coefficient (Wildman–Crippen LogP) is 1.15. The molecule has 5 heteroatoms. The summed E-state index contributed by atoms with van der Waals surface area (Å²) >= 11 is 1.67. The van der Waals surface area contributed by atoms with Crippen LogP contribution in [0.3, 0.4) is 0 Å². The highest BCUT2D eigenvalue weighted by atomic mass is 32.1. The number of aliphatic hydroxyl groups is 2. The van der Waals surface area contributed by atoms with Crippen LogP contribution in [0.5, 0.6) is 0 Å². The first-order valence-corrected chi connectivity index (χ1v) is 6.18. The fourth-order valence-corrected chi connectivity index (χ4v) is 2.39. The number of nitrogens with one attached hydrogen (secondary N) is 1. The summed E-state index contributed by atoms with van der Waals surface area (Å²) in [6, 6.07) is 0.0861. The van der Waals surface area contributed by atoms with E-state index in [2.05, 4.69) is 10.3 Å². The van der Waals surface area contributed by atoms with Gasteiger partial charge < -0.3 is 15.5 Å². The Labute approximate surface area is 100 Å². The van der Waals surface area contributed by atoms with Crippen LogP contribution in [-0.2, 0) is 0 Å². The van der Waals surface area contributed by atoms with Gasteiger partial charge in [-0.1, -0.05) is 0 Å². The lowest BCUT2D eigenvalue weighted by molar-refractivity contribution is 0.000978. The summed E-state index contributed by atoms with van der Waals surface area (Å²) in [7, 11) is 0. The second kappa shape index (κ2) is 5.23. The number of aliphatic hydroxyl groups excluding tert-OH is 1. The van der Waals surface area contributed by atoms with Gasteiger partial charge in [0.05, 0.1) is 22.9 Å². The fourth-order valence-electron chi connectivity index (χ4n) is 1.47. The van der Waals surface area contributed by atoms with Crippen LogP contribution in [0.4, 0.5) is 0 Å². The highest BCUT2D eigenvalue weighted by Gasteiger charge is 2.21. The monoisotopic (exact) mass is 244 g/mol. The van der Waals surface area contributed by atoms with Crippen LogP contribution in [0.2, 0.25) is 0 Å². The van der Waals surface area contributed by atoms with Gasteiger partial charge in [-0.05, 0) is 27.7 Å². The van der Waals surface area contributed by atoms with E-state index in [1.165, 1.54) is 4.88 Å². The van der Waals surface area contributed by atoms with Gasteiger partial charge >= 0.3 is 0 Å². The molecule has 0 aliphatic rings. The van der Waals surface area contributed by atoms with Gasteiger partial charge in [-0.25, -0.2) is 4.98 Å². The van der Waals surface area contributed by atoms with E-state index in [0.29, 0.717) is 6.54 Å². The Balaban J connectivity index is 2.59. The van der Waals surface area contributed by atoms with Crippen LogP contribution in [0.1, 0.15) is 35.5 Å². The third kappa shape index (κ3) is 3.52. The molecule has 92 valence electrons. The first-order chi connectivity index (χ1) is 7.35. The summed E-state index contributed by atoms with van der Waals surface area (Å²) in [5.41, 5.74) is -0.0519. The highest BCUT2D eigenvalue weighted by Crippen LogP contribution is 2.22. The molecule has 2 unspecified atom stereocenters. The molecule has 0 aliphatic carbocycles. The van der Waals surface area contributed by atoms with Crippen LogP contribution in [0.25, 0.3) is 0 Å². The number of aromatic nitrogens is 1. The van der Waals surface area contributed by atoms with Crippen LogP contribution >= 0.6 is 11.3 Å². The molecule has 0 bridgehead atoms. The molecule has 1 rings (SSSR count). The van der Waals surface area contributed by atoms with Crippen LogP contribution in [-0.4, -0.2) is 33.9 Å². The lowest BCUT2D eigenvalue weighted by Crippen LogP contribution is -2.41. The maximum absolute atomic E-state index is 9.66. The zero-order valence-electron chi connectivity index (χ0n) is 10.2. The second-order valence-electron chi connectivity index (χ2n) is 4.43. The molecule has 0 aromatic carbocycles. The molecular formula is C11H20N2O2S. The van der Waals surface area contributed by atoms with Gasteiger partial charge in [0, 0.05) is 17.5 Å². The Kier molecular flexibility index (Phi) is 4.43. The van der Waals surface area contributed by atoms with Crippen molar-refractivity contribution in [2.45, 2.75) is 39.3 Å². The number of hydrogen-bond acceptors (Lipinski definition) is 5. The number of thiazole rings is 1. The van der Waals surface area contributed by atoms with Crippen molar-refractivity contribution in [1.82, 2.24) is 10.3 Å². The molecule has 0 spiro atoms. The van der Waals surface area contributed by atoms with E-state index < -0.39 is 5.60 Å². The molecule has 0 radical (unpaired) electrons. The van der Waals surface area contributed by atoms with Crippen LogP contribution in [0.15, 0.2) is 0 Å². The fraction of sp³-hybridized carbons (Fsp3) is 0.727. The van der Waals surface area contributed by atoms with E-state index in [1.54, 1.807) is 18.3 Å². The van der Waals surface area contributed by atoms with Gasteiger partial charge in [0.25, 0.3) is 0 Å². The SMILES string of the molecule is Cc1nc(C(C)NCC(C)(O)CO)c(C)s1. The lowest BCUT2D eigenvalue weighted by Gasteiger charge is -2.23. The van der Waals surface area contributed by atoms with Crippen LogP contribution < -0.4 is 5.32 Å². The molecule has 0 fully saturated rings. The summed E-state index contributed by atoms with van der Waals surface area (Å²) in [5.74, 6) is 0. The molecule has 2 atom stereocenters. The Morgan fingerprint density at radius 3 is 2.56 bits per heavy atom. The topological polar surface area (TPSA) is 65.4 Å². The normalized spacial score (nSPS) is 17.1. The van der Waals surface area contributed by atoms with Gasteiger partial charge in [-0.15, -0.1) is 11.3 Å². The van der Waals surface area contributed by atoms with E-state index in [4.69, 9.17) is 5.11 Å². The van der Waals surface area contributed by atoms with Gasteiger partial charge in [-0.2, -0.15) is 0 Å². The molecule has 1 heterocycles. The molecule has 16 heavy (non-hydrogen) atoms. The molecule has 0 saturated carbocycles. The Bertz CT molecular complexity index is 350. The molecule has 1 aromatic rings. The number of hydrogen-bond donors (Lipinski definition) is 3. The number of aryl methyl sites for hydroxylation is 2. The van der Waals surface area contributed by atoms with Crippen molar-refractivity contribution in [2.24, 2.45) is 0 Å². The average molecular weight is 244 g/mol. The maximum Gasteiger partial charge on any atom is 0.0973 e. The first-order valence-electron chi connectivity index (χ1n) is 5.36. The molecule has 0 saturated heterocycles. The van der Waals surface area contributed by atoms with Crippen molar-refractivity contribution >= 4 is 11.3 Å². The van der Waals surface area contributed by atoms with E-state index >= 15 is 0 Å². The van der Waals surface area contributed by atoms with Gasteiger partial charge in [0.2, 0.25) is 0 Å². The van der Waals surface area contributed by atoms with Crippen molar-refractivity contribution in [1.29, 1.82) is 0 Å². The highest BCUT2D eigenvalue weighted by molar-refractivity contribution is 7.11. The molecule has 1 aromatic heterocycles. The first kappa shape index (κ1) is 13.6. The summed E-state index contributed by atoms with van der Waals surface area (Å²) < 4.78 is 0. The van der Waals surface area contributed by atoms with Gasteiger partial charge in [0.15, 0.2) is 0 Å². The van der Waals surface area contributed by atoms with E-state index in [-0.39, 0.29) is 12.6 Å². The number of nitrogens with zero attached hydrogens (tertiary/aromatic N) is 1. The minimum Gasteiger partial charge on any atom is -0.393 e. The molecule has 0 aliphatic heterocycles. The van der Waals surface area contributed by atoms with Gasteiger partial charge in [-0.3, -0.25) is 0 Å². The number of rotatable bonds is 5. The predicted molar refractivity (Wildman–Crippen MR) is 65.7 cm³/mol. The van der Waals surface area contributed by atoms with Gasteiger partial charge in [0.1, 0.15) is 0 Å². The molecule has 0 amide bonds. The second-order valence-corrected chi connectivity index (χ2v) is 5.84. The van der Waals surface area contributed by atoms with Crippen molar-refractivity contribution in [3.8, 4) is 0 Å². The smallest absolute Gasteiger partial charge is 0.0973 e. The quantitative estimate of drug-likeness (QED) is 0.727. The summed E-state index contributed by atoms with van der Waals surface area (Å²) in [4.78, 5) is 5.64. The zero-order valence-corrected chi connectivity index (χ0v) is 11.1. The summed E-state index contributed by atoms with van der Waals surface area (Å²) in [6.45, 7) is 7.74. The minimum atomic E-state index is -1.08. The summed E-state index contributed by atoms with van der Waals surface area (Å²) in [6.07, 6.45) is 0. The Hall–Kier alpha value is -0.490. The molecular weight excluding hydrogens is 224 g/mol. The zero-order chi connectivity index (χ0) is 12.3. The largest absolute Gasteiger partial charge is 0.393 e. The summed E-state index contributed by atoms with van der Waals surface area (Å²) in [5, 5.41) is 22.8. The van der Waals surface area contributed by atoms with E-state index in [0.717, 1.165) is 10.7 Å². The maximum atomic E-state index is 9.66. The van der Waals surface area contributed by atoms with Crippen LogP contribution in [0, 0.1) is 13.8 Å². The Morgan fingerprint density at radius 1 is 1.50 bits per heavy atom. The average Bonchev–Trinajstić information content (AvgIpc) is 2.54. The third-order valence-corrected chi connectivity index (χ3v) is 3.38. The standard InChI is InChI=1S/C11H20N2O2S/c1-7(12-5-11(4,15)6-14)10-8(2)16-9(3)13-10/h7,12,14-15H,5-6H2,1-4H3. The van der Waals surface area contributed by atoms with Crippen molar-refractivity contribution in [3.05, 3.63) is 15.6 Å². The van der Waals surface area contributed by atoms with Crippen molar-refractivity contribution in [3.63, 3.8) is 0 Å².